The van der Waals surface area contributed by atoms with Crippen molar-refractivity contribution >= 4 is 12.3 Å². The fraction of sp³-hybridized carbons (Fsp3) is 0.778. The zero-order chi connectivity index (χ0) is 17.9. The van der Waals surface area contributed by atoms with Crippen molar-refractivity contribution in [1.29, 1.82) is 0 Å². The number of allylic oxidation sites excluding steroid dienone is 1. The molecule has 0 radical (unpaired) electrons. The first-order chi connectivity index (χ1) is 10.4. The van der Waals surface area contributed by atoms with Gasteiger partial charge in [-0.05, 0) is 36.5 Å². The van der Waals surface area contributed by atoms with Gasteiger partial charge in [-0.2, -0.15) is 0 Å². The Balaban J connectivity index is 2.70. The van der Waals surface area contributed by atoms with Crippen molar-refractivity contribution < 1.29 is 14.7 Å². The Kier molecular flexibility index (Phi) is 6.16. The molecule has 0 heterocycles. The number of nitrogens with one attached hydrogen (secondary N) is 1. The molecule has 0 aliphatic heterocycles. The number of aldehydes is 1. The van der Waals surface area contributed by atoms with Gasteiger partial charge in [0.2, 0.25) is 0 Å². The topological polar surface area (TPSA) is 92.4 Å². The molecule has 2 atom stereocenters. The fourth-order valence-corrected chi connectivity index (χ4v) is 3.62. The first kappa shape index (κ1) is 19.8. The lowest BCUT2D eigenvalue weighted by atomic mass is 9.72. The van der Waals surface area contributed by atoms with E-state index >= 15 is 0 Å². The molecule has 4 N–H and O–H groups in total. The van der Waals surface area contributed by atoms with Crippen LogP contribution in [0.5, 0.6) is 0 Å². The van der Waals surface area contributed by atoms with Gasteiger partial charge in [-0.3, -0.25) is 4.79 Å². The van der Waals surface area contributed by atoms with Crippen molar-refractivity contribution in [2.24, 2.45) is 22.5 Å². The minimum Gasteiger partial charge on any atom is -0.481 e. The van der Waals surface area contributed by atoms with Gasteiger partial charge in [0.05, 0.1) is 12.5 Å². The van der Waals surface area contributed by atoms with Crippen LogP contribution in [0.25, 0.3) is 0 Å². The summed E-state index contributed by atoms with van der Waals surface area (Å²) in [5, 5.41) is 11.7. The highest BCUT2D eigenvalue weighted by atomic mass is 16.4. The molecule has 0 aromatic carbocycles. The summed E-state index contributed by atoms with van der Waals surface area (Å²) in [4.78, 5) is 21.6. The molecule has 0 amide bonds. The van der Waals surface area contributed by atoms with Crippen LogP contribution in [0.2, 0.25) is 0 Å². The van der Waals surface area contributed by atoms with E-state index < -0.39 is 17.6 Å². The van der Waals surface area contributed by atoms with Gasteiger partial charge < -0.3 is 21.0 Å². The number of carbonyl (C=O) groups is 2. The number of nitrogens with two attached hydrogens (primary N) is 1. The normalized spacial score (nSPS) is 24.4. The smallest absolute Gasteiger partial charge is 0.305 e. The molecule has 0 aromatic rings. The first-order valence-electron chi connectivity index (χ1n) is 8.28. The van der Waals surface area contributed by atoms with Crippen LogP contribution in [0.15, 0.2) is 12.2 Å². The molecule has 5 heteroatoms. The molecule has 0 spiro atoms. The number of aliphatic carboxylic acids is 1. The second-order valence-corrected chi connectivity index (χ2v) is 8.54. The molecule has 23 heavy (non-hydrogen) atoms. The maximum atomic E-state index is 10.9. The summed E-state index contributed by atoms with van der Waals surface area (Å²) < 4.78 is 0. The third kappa shape index (κ3) is 5.74. The van der Waals surface area contributed by atoms with Gasteiger partial charge in [0, 0.05) is 12.1 Å². The molecule has 1 fully saturated rings. The molecular weight excluding hydrogens is 292 g/mol. The van der Waals surface area contributed by atoms with E-state index in [0.717, 1.165) is 0 Å². The second kappa shape index (κ2) is 7.14. The summed E-state index contributed by atoms with van der Waals surface area (Å²) >= 11 is 0. The van der Waals surface area contributed by atoms with E-state index in [1.807, 2.05) is 13.0 Å². The molecule has 5 nitrogen and oxygen atoms in total. The van der Waals surface area contributed by atoms with Gasteiger partial charge in [0.1, 0.15) is 6.29 Å². The van der Waals surface area contributed by atoms with Crippen LogP contribution in [0.1, 0.15) is 53.9 Å². The Labute approximate surface area is 139 Å². The predicted octanol–water partition coefficient (Wildman–Crippen LogP) is 2.35. The summed E-state index contributed by atoms with van der Waals surface area (Å²) in [6.45, 7) is 11.4. The number of hydrogen-bond donors (Lipinski definition) is 3. The summed E-state index contributed by atoms with van der Waals surface area (Å²) in [7, 11) is 0. The molecule has 1 rings (SSSR count). The number of carboxylic acids is 1. The van der Waals surface area contributed by atoms with Gasteiger partial charge in [-0.25, -0.2) is 0 Å². The van der Waals surface area contributed by atoms with Gasteiger partial charge in [-0.1, -0.05) is 39.8 Å². The van der Waals surface area contributed by atoms with E-state index in [1.165, 1.54) is 12.8 Å². The van der Waals surface area contributed by atoms with Crippen molar-refractivity contribution in [2.45, 2.75) is 65.5 Å². The van der Waals surface area contributed by atoms with E-state index in [1.54, 1.807) is 0 Å². The van der Waals surface area contributed by atoms with E-state index in [-0.39, 0.29) is 17.3 Å². The zero-order valence-corrected chi connectivity index (χ0v) is 15.1. The molecule has 1 saturated carbocycles. The van der Waals surface area contributed by atoms with Gasteiger partial charge in [0.15, 0.2) is 0 Å². The predicted molar refractivity (Wildman–Crippen MR) is 92.1 cm³/mol. The molecule has 1 aliphatic rings. The van der Waals surface area contributed by atoms with Crippen LogP contribution in [0.3, 0.4) is 0 Å². The van der Waals surface area contributed by atoms with E-state index in [4.69, 9.17) is 10.8 Å². The Hall–Kier alpha value is -1.20. The Bertz CT molecular complexity index is 451. The molecular formula is C18H32N2O3. The van der Waals surface area contributed by atoms with Crippen molar-refractivity contribution in [3.05, 3.63) is 12.2 Å². The second-order valence-electron chi connectivity index (χ2n) is 8.54. The van der Waals surface area contributed by atoms with Crippen LogP contribution >= 0.6 is 0 Å². The lowest BCUT2D eigenvalue weighted by Crippen LogP contribution is -2.48. The summed E-state index contributed by atoms with van der Waals surface area (Å²) in [5.41, 5.74) is 6.16. The minimum absolute atomic E-state index is 0.230. The SMILES string of the molecule is CC(N)(C=CC1C(C)(C)CCC1(C)C)CN[C@@H](C=O)CC(=O)O. The van der Waals surface area contributed by atoms with Crippen molar-refractivity contribution in [3.63, 3.8) is 0 Å². The highest BCUT2D eigenvalue weighted by molar-refractivity contribution is 5.73. The molecule has 1 aliphatic carbocycles. The number of hydrogen-bond acceptors (Lipinski definition) is 4. The third-order valence-corrected chi connectivity index (χ3v) is 5.07. The van der Waals surface area contributed by atoms with Crippen LogP contribution in [-0.4, -0.2) is 35.5 Å². The van der Waals surface area contributed by atoms with Gasteiger partial charge in [0.25, 0.3) is 0 Å². The highest BCUT2D eigenvalue weighted by Gasteiger charge is 2.45. The number of carboxylic acid groups (broad SMARTS) is 1. The fourth-order valence-electron chi connectivity index (χ4n) is 3.62. The Morgan fingerprint density at radius 1 is 1.35 bits per heavy atom. The first-order valence-corrected chi connectivity index (χ1v) is 8.28. The van der Waals surface area contributed by atoms with Crippen LogP contribution in [0, 0.1) is 16.7 Å². The molecule has 0 saturated heterocycles. The lowest BCUT2D eigenvalue weighted by Gasteiger charge is -2.34. The Morgan fingerprint density at radius 3 is 2.30 bits per heavy atom. The van der Waals surface area contributed by atoms with Crippen LogP contribution in [0.4, 0.5) is 0 Å². The summed E-state index contributed by atoms with van der Waals surface area (Å²) in [6, 6.07) is -0.705. The van der Waals surface area contributed by atoms with Crippen LogP contribution in [-0.2, 0) is 9.59 Å². The standard InChI is InChI=1S/C18H32N2O3/c1-16(2)8-9-17(3,4)14(16)6-7-18(5,19)12-20-13(11-21)10-15(22)23/h6-7,11,13-14,20H,8-10,12,19H2,1-5H3,(H,22,23)/t13-,18?/m1/s1. The maximum Gasteiger partial charge on any atom is 0.305 e. The van der Waals surface area contributed by atoms with Crippen molar-refractivity contribution in [1.82, 2.24) is 5.32 Å². The Morgan fingerprint density at radius 2 is 1.87 bits per heavy atom. The monoisotopic (exact) mass is 324 g/mol. The largest absolute Gasteiger partial charge is 0.481 e. The van der Waals surface area contributed by atoms with E-state index in [2.05, 4.69) is 39.1 Å². The van der Waals surface area contributed by atoms with Gasteiger partial charge >= 0.3 is 5.97 Å². The minimum atomic E-state index is -1.00. The average molecular weight is 324 g/mol. The highest BCUT2D eigenvalue weighted by Crippen LogP contribution is 2.54. The molecule has 0 aromatic heterocycles. The molecule has 1 unspecified atom stereocenters. The van der Waals surface area contributed by atoms with Gasteiger partial charge in [-0.15, -0.1) is 0 Å². The summed E-state index contributed by atoms with van der Waals surface area (Å²) in [6.07, 6.45) is 6.99. The molecule has 0 bridgehead atoms. The number of rotatable bonds is 8. The van der Waals surface area contributed by atoms with Crippen LogP contribution < -0.4 is 11.1 Å². The zero-order valence-electron chi connectivity index (χ0n) is 15.1. The third-order valence-electron chi connectivity index (χ3n) is 5.07. The maximum absolute atomic E-state index is 10.9. The average Bonchev–Trinajstić information content (AvgIpc) is 2.61. The van der Waals surface area contributed by atoms with Crippen molar-refractivity contribution in [3.8, 4) is 0 Å². The van der Waals surface area contributed by atoms with E-state index in [0.29, 0.717) is 18.7 Å². The van der Waals surface area contributed by atoms with Crippen molar-refractivity contribution in [2.75, 3.05) is 6.54 Å². The summed E-state index contributed by atoms with van der Waals surface area (Å²) in [5.74, 6) is -0.558. The van der Waals surface area contributed by atoms with E-state index in [9.17, 15) is 9.59 Å². The molecule has 132 valence electrons. The lowest BCUT2D eigenvalue weighted by molar-refractivity contribution is -0.138. The number of carbonyl (C=O) groups excluding carboxylic acids is 1. The quantitative estimate of drug-likeness (QED) is 0.471.